The van der Waals surface area contributed by atoms with Crippen molar-refractivity contribution in [2.75, 3.05) is 38.0 Å². The van der Waals surface area contributed by atoms with Crippen molar-refractivity contribution in [2.24, 2.45) is 10.7 Å². The van der Waals surface area contributed by atoms with Crippen molar-refractivity contribution in [1.82, 2.24) is 10.6 Å². The Hall–Kier alpha value is -3.72. The monoisotopic (exact) mass is 408 g/mol. The number of primary amides is 1. The number of carbonyl (C=O) groups excluding carboxylic acids is 3. The molecule has 1 unspecified atom stereocenters. The fraction of sp³-hybridized carbons (Fsp3) is 0.238. The summed E-state index contributed by atoms with van der Waals surface area (Å²) in [6.45, 7) is 0.0904. The van der Waals surface area contributed by atoms with E-state index >= 15 is 0 Å². The molecule has 2 aromatic carbocycles. The van der Waals surface area contributed by atoms with E-state index in [1.54, 1.807) is 36.4 Å². The van der Waals surface area contributed by atoms with Gasteiger partial charge in [-0.3, -0.25) is 24.7 Å². The first kappa shape index (κ1) is 21.0. The average molecular weight is 408 g/mol. The lowest BCUT2D eigenvalue weighted by molar-refractivity contribution is -0.123. The topological polar surface area (TPSA) is 129 Å². The van der Waals surface area contributed by atoms with Crippen LogP contribution in [0.25, 0.3) is 0 Å². The highest BCUT2D eigenvalue weighted by atomic mass is 16.2. The molecule has 1 heterocycles. The number of carbonyl (C=O) groups is 3. The summed E-state index contributed by atoms with van der Waals surface area (Å²) >= 11 is 0. The molecule has 3 rings (SSSR count). The first-order valence-corrected chi connectivity index (χ1v) is 9.31. The smallest absolute Gasteiger partial charge is 0.267 e. The summed E-state index contributed by atoms with van der Waals surface area (Å²) in [6.07, 6.45) is 0. The van der Waals surface area contributed by atoms with E-state index in [1.807, 2.05) is 31.1 Å². The molecule has 2 aromatic rings. The minimum absolute atomic E-state index is 0.00951. The summed E-state index contributed by atoms with van der Waals surface area (Å²) in [5, 5.41) is 8.21. The molecule has 0 spiro atoms. The Morgan fingerprint density at radius 3 is 2.20 bits per heavy atom. The van der Waals surface area contributed by atoms with E-state index in [0.717, 1.165) is 5.69 Å². The molecule has 0 fully saturated rings. The number of hydrogen-bond donors (Lipinski definition) is 4. The zero-order chi connectivity index (χ0) is 21.9. The van der Waals surface area contributed by atoms with Crippen LogP contribution in [0.5, 0.6) is 0 Å². The van der Waals surface area contributed by atoms with Crippen LogP contribution in [0.15, 0.2) is 53.5 Å². The van der Waals surface area contributed by atoms with E-state index in [4.69, 9.17) is 5.73 Å². The van der Waals surface area contributed by atoms with E-state index in [1.165, 1.54) is 7.05 Å². The second-order valence-corrected chi connectivity index (χ2v) is 7.01. The Labute approximate surface area is 174 Å². The van der Waals surface area contributed by atoms with Gasteiger partial charge in [-0.1, -0.05) is 12.1 Å². The minimum Gasteiger partial charge on any atom is -0.378 e. The Morgan fingerprint density at radius 2 is 1.67 bits per heavy atom. The van der Waals surface area contributed by atoms with Crippen LogP contribution >= 0.6 is 0 Å². The highest BCUT2D eigenvalue weighted by molar-refractivity contribution is 6.47. The SMILES string of the molecule is CNC(=O)C1=NCNC1(C(N)=O)c1ccc(NC(=O)c2ccc(N(C)C)cc2)cc1. The first-order chi connectivity index (χ1) is 14.3. The third-order valence-electron chi connectivity index (χ3n) is 4.97. The summed E-state index contributed by atoms with van der Waals surface area (Å²) in [4.78, 5) is 43.1. The van der Waals surface area contributed by atoms with Crippen molar-refractivity contribution in [1.29, 1.82) is 0 Å². The van der Waals surface area contributed by atoms with Crippen LogP contribution in [-0.2, 0) is 15.1 Å². The Balaban J connectivity index is 1.81. The number of aliphatic imine (C=N–C) groups is 1. The zero-order valence-electron chi connectivity index (χ0n) is 17.0. The molecule has 1 atom stereocenters. The number of nitrogens with two attached hydrogens (primary N) is 1. The molecule has 0 radical (unpaired) electrons. The molecule has 156 valence electrons. The van der Waals surface area contributed by atoms with Crippen molar-refractivity contribution >= 4 is 34.8 Å². The maximum absolute atomic E-state index is 12.5. The number of nitrogens with one attached hydrogen (secondary N) is 3. The second-order valence-electron chi connectivity index (χ2n) is 7.01. The predicted molar refractivity (Wildman–Crippen MR) is 116 cm³/mol. The van der Waals surface area contributed by atoms with Gasteiger partial charge in [0.2, 0.25) is 5.91 Å². The minimum atomic E-state index is -1.52. The van der Waals surface area contributed by atoms with Gasteiger partial charge in [-0.15, -0.1) is 0 Å². The van der Waals surface area contributed by atoms with Crippen LogP contribution in [0.4, 0.5) is 11.4 Å². The van der Waals surface area contributed by atoms with Crippen molar-refractivity contribution in [3.63, 3.8) is 0 Å². The highest BCUT2D eigenvalue weighted by Crippen LogP contribution is 2.28. The van der Waals surface area contributed by atoms with Gasteiger partial charge in [0.05, 0.1) is 6.67 Å². The quantitative estimate of drug-likeness (QED) is 0.551. The van der Waals surface area contributed by atoms with Gasteiger partial charge in [0.1, 0.15) is 5.71 Å². The van der Waals surface area contributed by atoms with Gasteiger partial charge in [0.25, 0.3) is 11.8 Å². The molecule has 30 heavy (non-hydrogen) atoms. The Bertz CT molecular complexity index is 998. The van der Waals surface area contributed by atoms with Crippen molar-refractivity contribution in [3.8, 4) is 0 Å². The first-order valence-electron chi connectivity index (χ1n) is 9.31. The van der Waals surface area contributed by atoms with E-state index < -0.39 is 17.4 Å². The second kappa shape index (κ2) is 8.34. The van der Waals surface area contributed by atoms with Crippen LogP contribution in [0.3, 0.4) is 0 Å². The maximum Gasteiger partial charge on any atom is 0.267 e. The van der Waals surface area contributed by atoms with Crippen LogP contribution in [0.2, 0.25) is 0 Å². The van der Waals surface area contributed by atoms with Crippen LogP contribution in [0, 0.1) is 0 Å². The fourth-order valence-corrected chi connectivity index (χ4v) is 3.30. The molecule has 0 aliphatic carbocycles. The van der Waals surface area contributed by atoms with Crippen molar-refractivity contribution in [2.45, 2.75) is 5.54 Å². The summed E-state index contributed by atoms with van der Waals surface area (Å²) in [7, 11) is 5.31. The third kappa shape index (κ3) is 3.74. The van der Waals surface area contributed by atoms with Crippen molar-refractivity contribution in [3.05, 3.63) is 59.7 Å². The van der Waals surface area contributed by atoms with Crippen LogP contribution < -0.4 is 26.6 Å². The Morgan fingerprint density at radius 1 is 1.03 bits per heavy atom. The van der Waals surface area contributed by atoms with Gasteiger partial charge in [0.15, 0.2) is 5.54 Å². The molecule has 9 nitrogen and oxygen atoms in total. The number of nitrogens with zero attached hydrogens (tertiary/aromatic N) is 2. The van der Waals surface area contributed by atoms with Gasteiger partial charge in [-0.25, -0.2) is 0 Å². The van der Waals surface area contributed by atoms with Crippen LogP contribution in [-0.4, -0.2) is 51.2 Å². The van der Waals surface area contributed by atoms with Crippen LogP contribution in [0.1, 0.15) is 15.9 Å². The Kier molecular flexibility index (Phi) is 5.84. The van der Waals surface area contributed by atoms with E-state index in [9.17, 15) is 14.4 Å². The van der Waals surface area contributed by atoms with Gasteiger partial charge in [-0.2, -0.15) is 0 Å². The molecule has 3 amide bonds. The van der Waals surface area contributed by atoms with Gasteiger partial charge in [0, 0.05) is 38.1 Å². The number of benzene rings is 2. The zero-order valence-corrected chi connectivity index (χ0v) is 17.0. The third-order valence-corrected chi connectivity index (χ3v) is 4.97. The van der Waals surface area contributed by atoms with E-state index in [0.29, 0.717) is 16.8 Å². The lowest BCUT2D eigenvalue weighted by Gasteiger charge is -2.27. The molecule has 0 bridgehead atoms. The molecular weight excluding hydrogens is 384 g/mol. The van der Waals surface area contributed by atoms with E-state index in [-0.39, 0.29) is 18.3 Å². The lowest BCUT2D eigenvalue weighted by Crippen LogP contribution is -2.58. The molecular formula is C21H24N6O3. The normalized spacial score (nSPS) is 17.8. The van der Waals surface area contributed by atoms with Crippen molar-refractivity contribution < 1.29 is 14.4 Å². The number of amides is 3. The van der Waals surface area contributed by atoms with Gasteiger partial charge < -0.3 is 21.3 Å². The highest BCUT2D eigenvalue weighted by Gasteiger charge is 2.49. The van der Waals surface area contributed by atoms with E-state index in [2.05, 4.69) is 20.9 Å². The summed E-state index contributed by atoms with van der Waals surface area (Å²) < 4.78 is 0. The number of anilines is 2. The molecule has 5 N–H and O–H groups in total. The lowest BCUT2D eigenvalue weighted by atomic mass is 9.84. The molecule has 9 heteroatoms. The number of hydrogen-bond acceptors (Lipinski definition) is 6. The molecule has 0 aromatic heterocycles. The largest absolute Gasteiger partial charge is 0.378 e. The maximum atomic E-state index is 12.5. The predicted octanol–water partition coefficient (Wildman–Crippen LogP) is 0.433. The summed E-state index contributed by atoms with van der Waals surface area (Å²) in [5.41, 5.74) is 6.64. The average Bonchev–Trinajstić information content (AvgIpc) is 3.20. The fourth-order valence-electron chi connectivity index (χ4n) is 3.30. The number of rotatable bonds is 6. The molecule has 0 saturated carbocycles. The molecule has 0 saturated heterocycles. The molecule has 1 aliphatic rings. The standard InChI is InChI=1S/C21H24N6O3/c1-23-19(29)17-21(20(22)30,25-12-24-17)14-6-8-15(9-7-14)26-18(28)13-4-10-16(11-5-13)27(2)3/h4-11,25H,12H2,1-3H3,(H2,22,30)(H,23,29)(H,26,28). The summed E-state index contributed by atoms with van der Waals surface area (Å²) in [5.74, 6) is -1.48. The van der Waals surface area contributed by atoms with Gasteiger partial charge >= 0.3 is 0 Å². The van der Waals surface area contributed by atoms with Gasteiger partial charge in [-0.05, 0) is 42.0 Å². The molecule has 1 aliphatic heterocycles. The summed E-state index contributed by atoms with van der Waals surface area (Å²) in [6, 6.07) is 13.8.